The van der Waals surface area contributed by atoms with Crippen molar-refractivity contribution in [3.63, 3.8) is 0 Å². The monoisotopic (exact) mass is 351 g/mol. The minimum absolute atomic E-state index is 0.210. The molecule has 5 heteroatoms. The van der Waals surface area contributed by atoms with Gasteiger partial charge >= 0.3 is 0 Å². The van der Waals surface area contributed by atoms with Crippen molar-refractivity contribution >= 4 is 40.2 Å². The number of fused-ring (bicyclic) bond motifs is 1. The number of benzene rings is 3. The molecule has 0 aliphatic carbocycles. The van der Waals surface area contributed by atoms with Gasteiger partial charge in [0.2, 0.25) is 0 Å². The zero-order valence-corrected chi connectivity index (χ0v) is 14.5. The highest BCUT2D eigenvalue weighted by Gasteiger charge is 2.12. The van der Waals surface area contributed by atoms with Gasteiger partial charge in [-0.05, 0) is 36.1 Å². The first-order chi connectivity index (χ1) is 12.1. The fourth-order valence-electron chi connectivity index (χ4n) is 2.47. The first kappa shape index (κ1) is 17.0. The average molecular weight is 352 g/mol. The predicted molar refractivity (Wildman–Crippen MR) is 104 cm³/mol. The maximum atomic E-state index is 12.2. The Kier molecular flexibility index (Phi) is 5.31. The van der Waals surface area contributed by atoms with Crippen molar-refractivity contribution < 1.29 is 4.79 Å². The van der Waals surface area contributed by atoms with Crippen LogP contribution in [0.4, 0.5) is 5.69 Å². The largest absolute Gasteiger partial charge is 0.373 e. The van der Waals surface area contributed by atoms with Crippen molar-refractivity contribution in [2.45, 2.75) is 13.0 Å². The van der Waals surface area contributed by atoms with E-state index in [2.05, 4.69) is 15.8 Å². The lowest BCUT2D eigenvalue weighted by Gasteiger charge is -2.15. The minimum Gasteiger partial charge on any atom is -0.373 e. The number of hydrogen-bond acceptors (Lipinski definition) is 3. The summed E-state index contributed by atoms with van der Waals surface area (Å²) in [6, 6.07) is 20.8. The fourth-order valence-corrected chi connectivity index (χ4v) is 2.59. The Labute approximate surface area is 151 Å². The predicted octanol–water partition coefficient (Wildman–Crippen LogP) is 4.44. The fraction of sp³-hybridized carbons (Fsp3) is 0.100. The van der Waals surface area contributed by atoms with Crippen LogP contribution in [0.25, 0.3) is 10.8 Å². The van der Waals surface area contributed by atoms with Crippen LogP contribution in [0.3, 0.4) is 0 Å². The number of amides is 1. The number of hydrazone groups is 1. The number of nitrogens with zero attached hydrogens (tertiary/aromatic N) is 1. The van der Waals surface area contributed by atoms with Crippen LogP contribution in [0.15, 0.2) is 71.8 Å². The third-order valence-corrected chi connectivity index (χ3v) is 4.07. The molecule has 2 N–H and O–H groups in total. The first-order valence-corrected chi connectivity index (χ1v) is 8.34. The molecule has 0 saturated carbocycles. The second-order valence-electron chi connectivity index (χ2n) is 5.68. The maximum Gasteiger partial charge on any atom is 0.262 e. The Bertz CT molecular complexity index is 901. The molecule has 0 saturated heterocycles. The summed E-state index contributed by atoms with van der Waals surface area (Å²) in [4.78, 5) is 12.2. The second-order valence-corrected chi connectivity index (χ2v) is 6.11. The van der Waals surface area contributed by atoms with Crippen molar-refractivity contribution in [3.05, 3.63) is 77.3 Å². The van der Waals surface area contributed by atoms with E-state index in [1.807, 2.05) is 54.6 Å². The Balaban J connectivity index is 1.63. The number of hydrogen-bond donors (Lipinski definition) is 2. The highest BCUT2D eigenvalue weighted by molar-refractivity contribution is 6.30. The minimum atomic E-state index is -0.423. The molecular formula is C20H18ClN3O. The van der Waals surface area contributed by atoms with E-state index in [4.69, 9.17) is 11.6 Å². The molecule has 25 heavy (non-hydrogen) atoms. The average Bonchev–Trinajstić information content (AvgIpc) is 2.63. The van der Waals surface area contributed by atoms with E-state index < -0.39 is 6.04 Å². The van der Waals surface area contributed by atoms with E-state index in [0.29, 0.717) is 5.02 Å². The van der Waals surface area contributed by atoms with Crippen LogP contribution in [0, 0.1) is 0 Å². The van der Waals surface area contributed by atoms with Gasteiger partial charge in [0.1, 0.15) is 6.04 Å². The molecule has 0 bridgehead atoms. The molecule has 3 aromatic carbocycles. The van der Waals surface area contributed by atoms with E-state index in [1.165, 1.54) is 0 Å². The standard InChI is InChI=1S/C20H18ClN3O/c1-14(20(25)24-22-13-15-9-11-17(21)12-10-15)23-19-8-4-6-16-5-2-3-7-18(16)19/h2-14,23H,1H3,(H,24,25)/b22-13+. The Hall–Kier alpha value is -2.85. The van der Waals surface area contributed by atoms with Gasteiger partial charge in [0.25, 0.3) is 5.91 Å². The molecule has 0 aliphatic heterocycles. The maximum absolute atomic E-state index is 12.2. The van der Waals surface area contributed by atoms with Crippen molar-refractivity contribution in [1.82, 2.24) is 5.43 Å². The van der Waals surface area contributed by atoms with Crippen LogP contribution in [0.5, 0.6) is 0 Å². The molecular weight excluding hydrogens is 334 g/mol. The number of carbonyl (C=O) groups excluding carboxylic acids is 1. The number of carbonyl (C=O) groups is 1. The van der Waals surface area contributed by atoms with E-state index in [9.17, 15) is 4.79 Å². The normalized spacial score (nSPS) is 12.2. The van der Waals surface area contributed by atoms with Crippen LogP contribution in [-0.4, -0.2) is 18.2 Å². The lowest BCUT2D eigenvalue weighted by Crippen LogP contribution is -2.34. The zero-order valence-electron chi connectivity index (χ0n) is 13.7. The van der Waals surface area contributed by atoms with Gasteiger partial charge in [-0.1, -0.05) is 60.1 Å². The quantitative estimate of drug-likeness (QED) is 0.527. The number of halogens is 1. The molecule has 0 spiro atoms. The SMILES string of the molecule is CC(Nc1cccc2ccccc12)C(=O)N/N=C/c1ccc(Cl)cc1. The Morgan fingerprint density at radius 3 is 2.56 bits per heavy atom. The molecule has 1 amide bonds. The summed E-state index contributed by atoms with van der Waals surface area (Å²) >= 11 is 5.83. The van der Waals surface area contributed by atoms with Crippen molar-refractivity contribution in [2.75, 3.05) is 5.32 Å². The van der Waals surface area contributed by atoms with Crippen molar-refractivity contribution in [1.29, 1.82) is 0 Å². The van der Waals surface area contributed by atoms with Crippen LogP contribution < -0.4 is 10.7 Å². The Morgan fingerprint density at radius 1 is 1.04 bits per heavy atom. The molecule has 1 atom stereocenters. The smallest absolute Gasteiger partial charge is 0.262 e. The highest BCUT2D eigenvalue weighted by atomic mass is 35.5. The van der Waals surface area contributed by atoms with Gasteiger partial charge in [-0.15, -0.1) is 0 Å². The topological polar surface area (TPSA) is 53.5 Å². The molecule has 0 fully saturated rings. The number of anilines is 1. The van der Waals surface area contributed by atoms with Gasteiger partial charge in [-0.25, -0.2) is 5.43 Å². The lowest BCUT2D eigenvalue weighted by molar-refractivity contribution is -0.121. The van der Waals surface area contributed by atoms with Crippen LogP contribution >= 0.6 is 11.6 Å². The number of rotatable bonds is 5. The van der Waals surface area contributed by atoms with Gasteiger partial charge in [0.15, 0.2) is 0 Å². The lowest BCUT2D eigenvalue weighted by atomic mass is 10.1. The molecule has 3 aromatic rings. The van der Waals surface area contributed by atoms with Gasteiger partial charge in [0.05, 0.1) is 6.21 Å². The molecule has 0 radical (unpaired) electrons. The summed E-state index contributed by atoms with van der Waals surface area (Å²) in [6.07, 6.45) is 1.58. The molecule has 0 heterocycles. The first-order valence-electron chi connectivity index (χ1n) is 7.96. The summed E-state index contributed by atoms with van der Waals surface area (Å²) in [6.45, 7) is 1.80. The summed E-state index contributed by atoms with van der Waals surface area (Å²) in [5.41, 5.74) is 4.33. The van der Waals surface area contributed by atoms with Gasteiger partial charge in [-0.2, -0.15) is 5.10 Å². The molecule has 126 valence electrons. The van der Waals surface area contributed by atoms with E-state index in [-0.39, 0.29) is 5.91 Å². The summed E-state index contributed by atoms with van der Waals surface area (Å²) in [5, 5.41) is 10.1. The highest BCUT2D eigenvalue weighted by Crippen LogP contribution is 2.23. The Morgan fingerprint density at radius 2 is 1.76 bits per heavy atom. The molecule has 0 aliphatic rings. The van der Waals surface area contributed by atoms with Crippen LogP contribution in [-0.2, 0) is 4.79 Å². The van der Waals surface area contributed by atoms with E-state index >= 15 is 0 Å². The van der Waals surface area contributed by atoms with Crippen LogP contribution in [0.1, 0.15) is 12.5 Å². The zero-order chi connectivity index (χ0) is 17.6. The van der Waals surface area contributed by atoms with E-state index in [0.717, 1.165) is 22.0 Å². The van der Waals surface area contributed by atoms with Gasteiger partial charge in [-0.3, -0.25) is 4.79 Å². The van der Waals surface area contributed by atoms with Crippen molar-refractivity contribution in [2.24, 2.45) is 5.10 Å². The van der Waals surface area contributed by atoms with Gasteiger partial charge < -0.3 is 5.32 Å². The van der Waals surface area contributed by atoms with Crippen LogP contribution in [0.2, 0.25) is 5.02 Å². The second kappa shape index (κ2) is 7.81. The van der Waals surface area contributed by atoms with Crippen molar-refractivity contribution in [3.8, 4) is 0 Å². The summed E-state index contributed by atoms with van der Waals surface area (Å²) < 4.78 is 0. The molecule has 3 rings (SSSR count). The summed E-state index contributed by atoms with van der Waals surface area (Å²) in [7, 11) is 0. The molecule has 0 aromatic heterocycles. The van der Waals surface area contributed by atoms with E-state index in [1.54, 1.807) is 25.3 Å². The molecule has 1 unspecified atom stereocenters. The third kappa shape index (κ3) is 4.37. The van der Waals surface area contributed by atoms with Gasteiger partial charge in [0, 0.05) is 16.1 Å². The number of nitrogens with one attached hydrogen (secondary N) is 2. The molecule has 4 nitrogen and oxygen atoms in total. The third-order valence-electron chi connectivity index (χ3n) is 3.81. The summed E-state index contributed by atoms with van der Waals surface area (Å²) in [5.74, 6) is -0.210.